The SMILES string of the molecule is Cc1cnc(Sc2ccc3c(c2)N(C)C(=O)C3=O)nc1. The van der Waals surface area contributed by atoms with Gasteiger partial charge in [-0.15, -0.1) is 0 Å². The van der Waals surface area contributed by atoms with Crippen molar-refractivity contribution < 1.29 is 9.59 Å². The molecule has 1 aromatic carbocycles. The van der Waals surface area contributed by atoms with Crippen LogP contribution in [0, 0.1) is 6.92 Å². The molecule has 0 radical (unpaired) electrons. The molecule has 0 N–H and O–H groups in total. The van der Waals surface area contributed by atoms with E-state index in [9.17, 15) is 9.59 Å². The van der Waals surface area contributed by atoms with Crippen LogP contribution in [0.2, 0.25) is 0 Å². The minimum absolute atomic E-state index is 0.451. The molecule has 1 amide bonds. The molecule has 0 fully saturated rings. The molecule has 0 saturated heterocycles. The average Bonchev–Trinajstić information content (AvgIpc) is 2.66. The molecule has 0 spiro atoms. The predicted molar refractivity (Wildman–Crippen MR) is 75.1 cm³/mol. The monoisotopic (exact) mass is 285 g/mol. The number of fused-ring (bicyclic) bond motifs is 1. The number of aromatic nitrogens is 2. The van der Waals surface area contributed by atoms with Crippen molar-refractivity contribution in [1.82, 2.24) is 9.97 Å². The first kappa shape index (κ1) is 12.8. The summed E-state index contributed by atoms with van der Waals surface area (Å²) in [6.07, 6.45) is 3.50. The second kappa shape index (κ2) is 4.72. The molecule has 1 aliphatic rings. The number of Topliss-reactive ketones (excluding diaryl/α,β-unsaturated/α-hetero) is 1. The molecule has 1 aliphatic heterocycles. The van der Waals surface area contributed by atoms with Gasteiger partial charge in [-0.05, 0) is 42.4 Å². The first-order valence-electron chi connectivity index (χ1n) is 5.99. The van der Waals surface area contributed by atoms with E-state index in [-0.39, 0.29) is 0 Å². The van der Waals surface area contributed by atoms with Crippen LogP contribution in [0.5, 0.6) is 0 Å². The van der Waals surface area contributed by atoms with E-state index in [4.69, 9.17) is 0 Å². The van der Waals surface area contributed by atoms with Gasteiger partial charge in [0.2, 0.25) is 0 Å². The normalized spacial score (nSPS) is 13.8. The lowest BCUT2D eigenvalue weighted by molar-refractivity contribution is -0.114. The molecule has 0 aliphatic carbocycles. The highest BCUT2D eigenvalue weighted by atomic mass is 32.2. The minimum Gasteiger partial charge on any atom is -0.308 e. The van der Waals surface area contributed by atoms with Crippen molar-refractivity contribution in [2.24, 2.45) is 0 Å². The molecule has 0 unspecified atom stereocenters. The summed E-state index contributed by atoms with van der Waals surface area (Å²) in [6.45, 7) is 1.93. The number of rotatable bonds is 2. The van der Waals surface area contributed by atoms with Gasteiger partial charge in [0.15, 0.2) is 5.16 Å². The van der Waals surface area contributed by atoms with E-state index in [1.165, 1.54) is 16.7 Å². The molecule has 0 bridgehead atoms. The number of ketones is 1. The number of carbonyl (C=O) groups is 2. The van der Waals surface area contributed by atoms with E-state index in [1.807, 2.05) is 13.0 Å². The van der Waals surface area contributed by atoms with E-state index in [2.05, 4.69) is 9.97 Å². The molecule has 100 valence electrons. The number of hydrogen-bond acceptors (Lipinski definition) is 5. The highest BCUT2D eigenvalue weighted by Crippen LogP contribution is 2.33. The maximum Gasteiger partial charge on any atom is 0.299 e. The van der Waals surface area contributed by atoms with E-state index in [0.29, 0.717) is 16.4 Å². The third kappa shape index (κ3) is 2.08. The van der Waals surface area contributed by atoms with Gasteiger partial charge in [0, 0.05) is 24.3 Å². The minimum atomic E-state index is -0.492. The lowest BCUT2D eigenvalue weighted by Crippen LogP contribution is -2.24. The smallest absolute Gasteiger partial charge is 0.299 e. The summed E-state index contributed by atoms with van der Waals surface area (Å²) in [4.78, 5) is 34.0. The van der Waals surface area contributed by atoms with Crippen LogP contribution < -0.4 is 4.90 Å². The van der Waals surface area contributed by atoms with Gasteiger partial charge in [0.05, 0.1) is 11.3 Å². The Morgan fingerprint density at radius 1 is 1.15 bits per heavy atom. The maximum atomic E-state index is 11.7. The fourth-order valence-corrected chi connectivity index (χ4v) is 2.69. The summed E-state index contributed by atoms with van der Waals surface area (Å²) in [7, 11) is 1.60. The summed E-state index contributed by atoms with van der Waals surface area (Å²) < 4.78 is 0. The van der Waals surface area contributed by atoms with Crippen molar-refractivity contribution in [2.75, 3.05) is 11.9 Å². The molecule has 1 aromatic heterocycles. The van der Waals surface area contributed by atoms with Crippen LogP contribution in [0.4, 0.5) is 5.69 Å². The molecule has 2 aromatic rings. The van der Waals surface area contributed by atoms with E-state index in [1.54, 1.807) is 31.6 Å². The lowest BCUT2D eigenvalue weighted by atomic mass is 10.1. The molecular formula is C14H11N3O2S. The Morgan fingerprint density at radius 3 is 2.55 bits per heavy atom. The number of anilines is 1. The van der Waals surface area contributed by atoms with Gasteiger partial charge >= 0.3 is 0 Å². The van der Waals surface area contributed by atoms with Gasteiger partial charge in [-0.3, -0.25) is 9.59 Å². The predicted octanol–water partition coefficient (Wildman–Crippen LogP) is 2.10. The van der Waals surface area contributed by atoms with Gasteiger partial charge in [0.1, 0.15) is 0 Å². The van der Waals surface area contributed by atoms with Gasteiger partial charge < -0.3 is 4.90 Å². The van der Waals surface area contributed by atoms with Crippen molar-refractivity contribution >= 4 is 29.1 Å². The molecular weight excluding hydrogens is 274 g/mol. The van der Waals surface area contributed by atoms with Crippen molar-refractivity contribution in [3.05, 3.63) is 41.7 Å². The Bertz CT molecular complexity index is 713. The molecule has 5 nitrogen and oxygen atoms in total. The second-order valence-corrected chi connectivity index (χ2v) is 5.56. The topological polar surface area (TPSA) is 63.2 Å². The fourth-order valence-electron chi connectivity index (χ4n) is 1.96. The molecule has 0 saturated carbocycles. The summed E-state index contributed by atoms with van der Waals surface area (Å²) in [5, 5.41) is 0.633. The van der Waals surface area contributed by atoms with Crippen LogP contribution in [0.1, 0.15) is 15.9 Å². The third-order valence-corrected chi connectivity index (χ3v) is 3.92. The first-order valence-corrected chi connectivity index (χ1v) is 6.81. The van der Waals surface area contributed by atoms with Crippen molar-refractivity contribution in [2.45, 2.75) is 17.0 Å². The number of benzene rings is 1. The third-order valence-electron chi connectivity index (χ3n) is 3.04. The first-order chi connectivity index (χ1) is 9.56. The molecule has 2 heterocycles. The van der Waals surface area contributed by atoms with Gasteiger partial charge in [0.25, 0.3) is 11.7 Å². The zero-order valence-corrected chi connectivity index (χ0v) is 11.8. The summed E-state index contributed by atoms with van der Waals surface area (Å²) in [5.74, 6) is -0.945. The average molecular weight is 285 g/mol. The second-order valence-electron chi connectivity index (χ2n) is 4.52. The van der Waals surface area contributed by atoms with Crippen LogP contribution in [0.25, 0.3) is 0 Å². The Kier molecular flexibility index (Phi) is 3.02. The molecule has 3 rings (SSSR count). The fraction of sp³-hybridized carbons (Fsp3) is 0.143. The van der Waals surface area contributed by atoms with Crippen molar-refractivity contribution in [1.29, 1.82) is 0 Å². The highest BCUT2D eigenvalue weighted by Gasteiger charge is 2.33. The van der Waals surface area contributed by atoms with E-state index >= 15 is 0 Å². The van der Waals surface area contributed by atoms with Gasteiger partial charge in [-0.1, -0.05) is 0 Å². The summed E-state index contributed by atoms with van der Waals surface area (Å²) in [6, 6.07) is 5.29. The van der Waals surface area contributed by atoms with Crippen LogP contribution in [-0.4, -0.2) is 28.7 Å². The Hall–Kier alpha value is -2.21. The van der Waals surface area contributed by atoms with Crippen LogP contribution in [0.15, 0.2) is 40.6 Å². The Balaban J connectivity index is 1.92. The summed E-state index contributed by atoms with van der Waals surface area (Å²) in [5.41, 5.74) is 2.09. The number of carbonyl (C=O) groups excluding carboxylic acids is 2. The molecule has 6 heteroatoms. The lowest BCUT2D eigenvalue weighted by Gasteiger charge is -2.09. The van der Waals surface area contributed by atoms with Crippen molar-refractivity contribution in [3.63, 3.8) is 0 Å². The van der Waals surface area contributed by atoms with Crippen LogP contribution in [-0.2, 0) is 4.79 Å². The maximum absolute atomic E-state index is 11.7. The van der Waals surface area contributed by atoms with Gasteiger partial charge in [-0.25, -0.2) is 9.97 Å². The number of amides is 1. The number of aryl methyl sites for hydroxylation is 1. The van der Waals surface area contributed by atoms with Crippen LogP contribution in [0.3, 0.4) is 0 Å². The number of likely N-dealkylation sites (N-methyl/N-ethyl adjacent to an activating group) is 1. The van der Waals surface area contributed by atoms with Crippen LogP contribution >= 0.6 is 11.8 Å². The standard InChI is InChI=1S/C14H11N3O2S/c1-8-6-15-14(16-7-8)20-9-3-4-10-11(5-9)17(2)13(19)12(10)18/h3-7H,1-2H3. The van der Waals surface area contributed by atoms with E-state index < -0.39 is 11.7 Å². The zero-order valence-electron chi connectivity index (χ0n) is 11.0. The number of nitrogens with zero attached hydrogens (tertiary/aromatic N) is 3. The van der Waals surface area contributed by atoms with Crippen molar-refractivity contribution in [3.8, 4) is 0 Å². The quantitative estimate of drug-likeness (QED) is 0.624. The highest BCUT2D eigenvalue weighted by molar-refractivity contribution is 7.99. The van der Waals surface area contributed by atoms with E-state index in [0.717, 1.165) is 10.5 Å². The largest absolute Gasteiger partial charge is 0.308 e. The van der Waals surface area contributed by atoms with Gasteiger partial charge in [-0.2, -0.15) is 0 Å². The molecule has 20 heavy (non-hydrogen) atoms. The Morgan fingerprint density at radius 2 is 1.85 bits per heavy atom. The molecule has 0 atom stereocenters. The summed E-state index contributed by atoms with van der Waals surface area (Å²) >= 11 is 1.40. The Labute approximate surface area is 120 Å². The number of hydrogen-bond donors (Lipinski definition) is 0. The zero-order chi connectivity index (χ0) is 14.3.